The van der Waals surface area contributed by atoms with E-state index in [1.165, 1.54) is 11.1 Å². The van der Waals surface area contributed by atoms with E-state index >= 15 is 0 Å². The van der Waals surface area contributed by atoms with E-state index in [9.17, 15) is 4.79 Å². The van der Waals surface area contributed by atoms with Gasteiger partial charge < -0.3 is 9.64 Å². The van der Waals surface area contributed by atoms with Gasteiger partial charge in [-0.2, -0.15) is 0 Å². The van der Waals surface area contributed by atoms with Crippen LogP contribution in [0.15, 0.2) is 48.5 Å². The van der Waals surface area contributed by atoms with Crippen molar-refractivity contribution in [1.82, 2.24) is 4.90 Å². The number of ether oxygens (including phenoxy) is 1. The van der Waals surface area contributed by atoms with Gasteiger partial charge in [-0.1, -0.05) is 36.4 Å². The molecule has 0 N–H and O–H groups in total. The van der Waals surface area contributed by atoms with Crippen LogP contribution in [0.3, 0.4) is 0 Å². The van der Waals surface area contributed by atoms with Crippen LogP contribution in [0.25, 0.3) is 5.57 Å². The molecule has 0 atom stereocenters. The Hall–Kier alpha value is -2.10. The van der Waals surface area contributed by atoms with Crippen molar-refractivity contribution in [3.63, 3.8) is 0 Å². The zero-order valence-corrected chi connectivity index (χ0v) is 15.3. The van der Waals surface area contributed by atoms with Gasteiger partial charge in [-0.3, -0.25) is 4.79 Å². The first-order valence-corrected chi connectivity index (χ1v) is 8.80. The summed E-state index contributed by atoms with van der Waals surface area (Å²) >= 11 is 5.57. The number of carbonyl (C=O) groups is 1. The topological polar surface area (TPSA) is 29.5 Å². The van der Waals surface area contributed by atoms with Gasteiger partial charge in [-0.25, -0.2) is 0 Å². The van der Waals surface area contributed by atoms with Crippen LogP contribution in [0.5, 0.6) is 5.75 Å². The van der Waals surface area contributed by atoms with Crippen molar-refractivity contribution in [2.24, 2.45) is 0 Å². The Bertz CT molecular complexity index is 811. The first kappa shape index (κ1) is 17.7. The highest BCUT2D eigenvalue weighted by atomic mass is 35.5. The number of halogens is 1. The third-order valence-corrected chi connectivity index (χ3v) is 4.43. The number of hydrogen-bond donors (Lipinski definition) is 0. The standard InChI is InChI=1S/C21H22ClNO2/c1-23(2)11-5-8-18-17-7-4-3-6-16(17)14-25-20-10-9-15(12-19(18)20)13-21(22)24/h3-4,6-10,12H,5,11,13-14H2,1-2H3/b18-8-. The lowest BCUT2D eigenvalue weighted by Crippen LogP contribution is -2.12. The molecule has 0 spiro atoms. The molecule has 3 rings (SSSR count). The monoisotopic (exact) mass is 355 g/mol. The second-order valence-electron chi connectivity index (χ2n) is 6.52. The summed E-state index contributed by atoms with van der Waals surface area (Å²) in [4.78, 5) is 13.5. The van der Waals surface area contributed by atoms with E-state index in [1.807, 2.05) is 24.3 Å². The Morgan fingerprint density at radius 3 is 2.76 bits per heavy atom. The number of rotatable bonds is 5. The van der Waals surface area contributed by atoms with E-state index in [0.717, 1.165) is 35.4 Å². The van der Waals surface area contributed by atoms with Gasteiger partial charge in [0.2, 0.25) is 5.24 Å². The maximum Gasteiger partial charge on any atom is 0.226 e. The third-order valence-electron chi connectivity index (χ3n) is 4.29. The molecule has 25 heavy (non-hydrogen) atoms. The van der Waals surface area contributed by atoms with Crippen LogP contribution in [-0.2, 0) is 17.8 Å². The Morgan fingerprint density at radius 1 is 1.20 bits per heavy atom. The predicted molar refractivity (Wildman–Crippen MR) is 102 cm³/mol. The highest BCUT2D eigenvalue weighted by molar-refractivity contribution is 6.63. The molecular formula is C21H22ClNO2. The maximum absolute atomic E-state index is 11.3. The zero-order valence-electron chi connectivity index (χ0n) is 14.6. The minimum Gasteiger partial charge on any atom is -0.488 e. The quantitative estimate of drug-likeness (QED) is 0.750. The first-order chi connectivity index (χ1) is 12.0. The van der Waals surface area contributed by atoms with E-state index < -0.39 is 0 Å². The summed E-state index contributed by atoms with van der Waals surface area (Å²) in [6, 6.07) is 14.2. The smallest absolute Gasteiger partial charge is 0.226 e. The molecule has 0 saturated heterocycles. The Balaban J connectivity index is 2.08. The molecule has 0 radical (unpaired) electrons. The van der Waals surface area contributed by atoms with Crippen LogP contribution < -0.4 is 4.74 Å². The van der Waals surface area contributed by atoms with Gasteiger partial charge in [-0.05, 0) is 66.5 Å². The molecule has 0 fully saturated rings. The zero-order chi connectivity index (χ0) is 17.8. The summed E-state index contributed by atoms with van der Waals surface area (Å²) in [5.41, 5.74) is 5.45. The third kappa shape index (κ3) is 4.30. The van der Waals surface area contributed by atoms with Crippen molar-refractivity contribution in [2.45, 2.75) is 19.4 Å². The fourth-order valence-electron chi connectivity index (χ4n) is 3.08. The Labute approximate surface area is 153 Å². The molecule has 0 amide bonds. The molecule has 130 valence electrons. The van der Waals surface area contributed by atoms with Gasteiger partial charge in [0.05, 0.1) is 0 Å². The van der Waals surface area contributed by atoms with Crippen LogP contribution in [0.2, 0.25) is 0 Å². The minimum absolute atomic E-state index is 0.224. The lowest BCUT2D eigenvalue weighted by molar-refractivity contribution is -0.111. The van der Waals surface area contributed by atoms with Gasteiger partial charge in [0.1, 0.15) is 12.4 Å². The van der Waals surface area contributed by atoms with Crippen LogP contribution in [0.4, 0.5) is 0 Å². The van der Waals surface area contributed by atoms with Crippen molar-refractivity contribution >= 4 is 22.4 Å². The van der Waals surface area contributed by atoms with Crippen LogP contribution in [-0.4, -0.2) is 30.8 Å². The van der Waals surface area contributed by atoms with E-state index in [2.05, 4.69) is 43.3 Å². The van der Waals surface area contributed by atoms with Crippen LogP contribution >= 0.6 is 11.6 Å². The molecule has 0 unspecified atom stereocenters. The van der Waals surface area contributed by atoms with Gasteiger partial charge in [0.25, 0.3) is 0 Å². The second-order valence-corrected chi connectivity index (χ2v) is 6.94. The summed E-state index contributed by atoms with van der Waals surface area (Å²) in [5, 5.41) is -0.354. The molecular weight excluding hydrogens is 334 g/mol. The van der Waals surface area contributed by atoms with Crippen molar-refractivity contribution in [3.05, 3.63) is 70.8 Å². The largest absolute Gasteiger partial charge is 0.488 e. The molecule has 3 nitrogen and oxygen atoms in total. The number of fused-ring (bicyclic) bond motifs is 2. The summed E-state index contributed by atoms with van der Waals surface area (Å²) < 4.78 is 6.02. The van der Waals surface area contributed by atoms with E-state index in [-0.39, 0.29) is 11.7 Å². The van der Waals surface area contributed by atoms with Crippen LogP contribution in [0.1, 0.15) is 28.7 Å². The molecule has 1 heterocycles. The lowest BCUT2D eigenvalue weighted by atomic mass is 9.92. The summed E-state index contributed by atoms with van der Waals surface area (Å²) in [6.07, 6.45) is 3.43. The fraction of sp³-hybridized carbons (Fsp3) is 0.286. The maximum atomic E-state index is 11.3. The Kier molecular flexibility index (Phi) is 5.57. The van der Waals surface area contributed by atoms with E-state index in [0.29, 0.717) is 6.61 Å². The highest BCUT2D eigenvalue weighted by Crippen LogP contribution is 2.37. The average Bonchev–Trinajstić information content (AvgIpc) is 2.72. The normalized spacial score (nSPS) is 14.6. The predicted octanol–water partition coefficient (Wildman–Crippen LogP) is 4.27. The molecule has 1 aliphatic rings. The van der Waals surface area contributed by atoms with Gasteiger partial charge in [-0.15, -0.1) is 0 Å². The van der Waals surface area contributed by atoms with Crippen molar-refractivity contribution in [3.8, 4) is 5.75 Å². The SMILES string of the molecule is CN(C)CC/C=C1/c2ccccc2COc2ccc(CC(=O)Cl)cc21. The molecule has 0 saturated carbocycles. The van der Waals surface area contributed by atoms with Gasteiger partial charge in [0.15, 0.2) is 0 Å². The molecule has 4 heteroatoms. The molecule has 2 aromatic rings. The Morgan fingerprint density at radius 2 is 2.00 bits per heavy atom. The minimum atomic E-state index is -0.354. The summed E-state index contributed by atoms with van der Waals surface area (Å²) in [7, 11) is 4.14. The number of carbonyl (C=O) groups excluding carboxylic acids is 1. The lowest BCUT2D eigenvalue weighted by Gasteiger charge is -2.13. The van der Waals surface area contributed by atoms with Gasteiger partial charge >= 0.3 is 0 Å². The average molecular weight is 356 g/mol. The molecule has 2 aromatic carbocycles. The van der Waals surface area contributed by atoms with Crippen molar-refractivity contribution in [2.75, 3.05) is 20.6 Å². The van der Waals surface area contributed by atoms with E-state index in [1.54, 1.807) is 0 Å². The molecule has 0 bridgehead atoms. The second kappa shape index (κ2) is 7.85. The molecule has 0 aliphatic carbocycles. The number of benzene rings is 2. The summed E-state index contributed by atoms with van der Waals surface area (Å²) in [5.74, 6) is 0.845. The highest BCUT2D eigenvalue weighted by Gasteiger charge is 2.19. The van der Waals surface area contributed by atoms with Gasteiger partial charge in [0, 0.05) is 18.5 Å². The van der Waals surface area contributed by atoms with Crippen LogP contribution in [0, 0.1) is 0 Å². The first-order valence-electron chi connectivity index (χ1n) is 8.42. The number of nitrogens with zero attached hydrogens (tertiary/aromatic N) is 1. The van der Waals surface area contributed by atoms with Crippen molar-refractivity contribution in [1.29, 1.82) is 0 Å². The number of hydrogen-bond acceptors (Lipinski definition) is 3. The molecule has 0 aromatic heterocycles. The molecule has 1 aliphatic heterocycles. The van der Waals surface area contributed by atoms with E-state index in [4.69, 9.17) is 16.3 Å². The fourth-order valence-corrected chi connectivity index (χ4v) is 3.23. The summed E-state index contributed by atoms with van der Waals surface area (Å²) in [6.45, 7) is 1.52. The van der Waals surface area contributed by atoms with Crippen molar-refractivity contribution < 1.29 is 9.53 Å².